The molecule has 2 fully saturated rings. The van der Waals surface area contributed by atoms with Gasteiger partial charge in [-0.15, -0.1) is 0 Å². The van der Waals surface area contributed by atoms with Gasteiger partial charge < -0.3 is 15.0 Å². The van der Waals surface area contributed by atoms with Crippen molar-refractivity contribution in [2.24, 2.45) is 0 Å². The Balaban J connectivity index is 1.59. The molecule has 3 rings (SSSR count). The van der Waals surface area contributed by atoms with Crippen molar-refractivity contribution in [3.05, 3.63) is 29.8 Å². The molecule has 0 aromatic heterocycles. The molecule has 0 unspecified atom stereocenters. The molecule has 0 radical (unpaired) electrons. The molecule has 1 aromatic carbocycles. The van der Waals surface area contributed by atoms with Gasteiger partial charge in [0, 0.05) is 26.2 Å². The maximum Gasteiger partial charge on any atom is 0.415 e. The molecule has 1 saturated carbocycles. The van der Waals surface area contributed by atoms with Gasteiger partial charge in [0.1, 0.15) is 5.75 Å². The molecule has 1 aliphatic carbocycles. The SMILES string of the molecule is O=C(Oc1ccc(C2CC2)cc1)N1CCNCC1. The molecule has 2 aliphatic rings. The number of hydrogen-bond donors (Lipinski definition) is 1. The molecule has 0 atom stereocenters. The van der Waals surface area contributed by atoms with Crippen LogP contribution in [0.4, 0.5) is 4.79 Å². The fourth-order valence-electron chi connectivity index (χ4n) is 2.24. The third-order valence-electron chi connectivity index (χ3n) is 3.51. The van der Waals surface area contributed by atoms with Gasteiger partial charge in [0.15, 0.2) is 0 Å². The summed E-state index contributed by atoms with van der Waals surface area (Å²) in [6.45, 7) is 3.13. The molecule has 18 heavy (non-hydrogen) atoms. The van der Waals surface area contributed by atoms with E-state index in [1.54, 1.807) is 4.90 Å². The minimum absolute atomic E-state index is 0.240. The summed E-state index contributed by atoms with van der Waals surface area (Å²) in [5, 5.41) is 3.21. The number of carbonyl (C=O) groups is 1. The zero-order valence-corrected chi connectivity index (χ0v) is 10.4. The maximum absolute atomic E-state index is 11.9. The summed E-state index contributed by atoms with van der Waals surface area (Å²) in [4.78, 5) is 13.6. The normalized spacial score (nSPS) is 19.7. The van der Waals surface area contributed by atoms with Crippen molar-refractivity contribution in [2.45, 2.75) is 18.8 Å². The van der Waals surface area contributed by atoms with Gasteiger partial charge in [-0.25, -0.2) is 4.79 Å². The van der Waals surface area contributed by atoms with E-state index in [1.807, 2.05) is 12.1 Å². The molecule has 0 bridgehead atoms. The molecular formula is C14H18N2O2. The summed E-state index contributed by atoms with van der Waals surface area (Å²) in [6.07, 6.45) is 2.34. The maximum atomic E-state index is 11.9. The van der Waals surface area contributed by atoms with Gasteiger partial charge in [-0.2, -0.15) is 0 Å². The molecule has 1 amide bonds. The van der Waals surface area contributed by atoms with Gasteiger partial charge >= 0.3 is 6.09 Å². The summed E-state index contributed by atoms with van der Waals surface area (Å²) in [6, 6.07) is 7.93. The van der Waals surface area contributed by atoms with Crippen LogP contribution in [-0.4, -0.2) is 37.2 Å². The van der Waals surface area contributed by atoms with Crippen molar-refractivity contribution in [3.8, 4) is 5.75 Å². The lowest BCUT2D eigenvalue weighted by Gasteiger charge is -2.26. The Hall–Kier alpha value is -1.55. The van der Waals surface area contributed by atoms with E-state index in [-0.39, 0.29) is 6.09 Å². The van der Waals surface area contributed by atoms with E-state index < -0.39 is 0 Å². The fourth-order valence-corrected chi connectivity index (χ4v) is 2.24. The number of carbonyl (C=O) groups excluding carboxylic acids is 1. The zero-order valence-electron chi connectivity index (χ0n) is 10.4. The minimum atomic E-state index is -0.240. The Morgan fingerprint density at radius 3 is 2.44 bits per heavy atom. The zero-order chi connectivity index (χ0) is 12.4. The van der Waals surface area contributed by atoms with Crippen LogP contribution in [-0.2, 0) is 0 Å². The molecule has 1 aliphatic heterocycles. The number of nitrogens with zero attached hydrogens (tertiary/aromatic N) is 1. The largest absolute Gasteiger partial charge is 0.415 e. The molecule has 0 spiro atoms. The first-order valence-corrected chi connectivity index (χ1v) is 6.60. The second kappa shape index (κ2) is 4.98. The number of nitrogens with one attached hydrogen (secondary N) is 1. The van der Waals surface area contributed by atoms with Crippen molar-refractivity contribution >= 4 is 6.09 Å². The van der Waals surface area contributed by atoms with Crippen molar-refractivity contribution < 1.29 is 9.53 Å². The van der Waals surface area contributed by atoms with Gasteiger partial charge in [0.05, 0.1) is 0 Å². The third-order valence-corrected chi connectivity index (χ3v) is 3.51. The second-order valence-electron chi connectivity index (χ2n) is 4.95. The van der Waals surface area contributed by atoms with E-state index in [9.17, 15) is 4.79 Å². The molecular weight excluding hydrogens is 228 g/mol. The molecule has 1 saturated heterocycles. The first-order chi connectivity index (χ1) is 8.83. The summed E-state index contributed by atoms with van der Waals surface area (Å²) >= 11 is 0. The molecule has 1 N–H and O–H groups in total. The fraction of sp³-hybridized carbons (Fsp3) is 0.500. The van der Waals surface area contributed by atoms with Crippen molar-refractivity contribution in [2.75, 3.05) is 26.2 Å². The average molecular weight is 246 g/mol. The lowest BCUT2D eigenvalue weighted by atomic mass is 10.1. The Bertz CT molecular complexity index is 420. The number of ether oxygens (including phenoxy) is 1. The summed E-state index contributed by atoms with van der Waals surface area (Å²) < 4.78 is 5.37. The predicted molar refractivity (Wildman–Crippen MR) is 68.9 cm³/mol. The van der Waals surface area contributed by atoms with Crippen LogP contribution in [0.3, 0.4) is 0 Å². The van der Waals surface area contributed by atoms with Crippen LogP contribution in [0.5, 0.6) is 5.75 Å². The van der Waals surface area contributed by atoms with Crippen LogP contribution >= 0.6 is 0 Å². The van der Waals surface area contributed by atoms with Crippen molar-refractivity contribution in [1.29, 1.82) is 0 Å². The van der Waals surface area contributed by atoms with Crippen LogP contribution in [0.1, 0.15) is 24.3 Å². The monoisotopic (exact) mass is 246 g/mol. The lowest BCUT2D eigenvalue weighted by molar-refractivity contribution is 0.146. The van der Waals surface area contributed by atoms with Crippen molar-refractivity contribution in [1.82, 2.24) is 10.2 Å². The van der Waals surface area contributed by atoms with Crippen LogP contribution in [0.2, 0.25) is 0 Å². The molecule has 96 valence electrons. The number of benzene rings is 1. The van der Waals surface area contributed by atoms with E-state index in [1.165, 1.54) is 18.4 Å². The van der Waals surface area contributed by atoms with Gasteiger partial charge in [-0.1, -0.05) is 12.1 Å². The van der Waals surface area contributed by atoms with E-state index in [0.717, 1.165) is 32.1 Å². The topological polar surface area (TPSA) is 41.6 Å². The first kappa shape index (κ1) is 11.5. The Labute approximate surface area is 107 Å². The van der Waals surface area contributed by atoms with E-state index in [2.05, 4.69) is 17.4 Å². The highest BCUT2D eigenvalue weighted by Gasteiger charge is 2.23. The highest BCUT2D eigenvalue weighted by atomic mass is 16.6. The molecule has 1 aromatic rings. The third kappa shape index (κ3) is 2.64. The summed E-state index contributed by atoms with van der Waals surface area (Å²) in [5.41, 5.74) is 1.36. The predicted octanol–water partition coefficient (Wildman–Crippen LogP) is 1.97. The molecule has 1 heterocycles. The number of rotatable bonds is 2. The average Bonchev–Trinajstić information content (AvgIpc) is 3.25. The van der Waals surface area contributed by atoms with E-state index >= 15 is 0 Å². The second-order valence-corrected chi connectivity index (χ2v) is 4.95. The Kier molecular flexibility index (Phi) is 3.19. The van der Waals surface area contributed by atoms with Gasteiger partial charge in [0.25, 0.3) is 0 Å². The smallest absolute Gasteiger partial charge is 0.410 e. The highest BCUT2D eigenvalue weighted by Crippen LogP contribution is 2.40. The van der Waals surface area contributed by atoms with Crippen molar-refractivity contribution in [3.63, 3.8) is 0 Å². The number of amides is 1. The van der Waals surface area contributed by atoms with Gasteiger partial charge in [-0.05, 0) is 36.5 Å². The summed E-state index contributed by atoms with van der Waals surface area (Å²) in [7, 11) is 0. The van der Waals surface area contributed by atoms with Crippen LogP contribution in [0.15, 0.2) is 24.3 Å². The van der Waals surface area contributed by atoms with Gasteiger partial charge in [0.2, 0.25) is 0 Å². The van der Waals surface area contributed by atoms with Crippen LogP contribution in [0, 0.1) is 0 Å². The molecule has 4 heteroatoms. The van der Waals surface area contributed by atoms with Gasteiger partial charge in [-0.3, -0.25) is 0 Å². The quantitative estimate of drug-likeness (QED) is 0.867. The first-order valence-electron chi connectivity index (χ1n) is 6.60. The van der Waals surface area contributed by atoms with E-state index in [4.69, 9.17) is 4.74 Å². The highest BCUT2D eigenvalue weighted by molar-refractivity contribution is 5.70. The Morgan fingerprint density at radius 2 is 1.83 bits per heavy atom. The lowest BCUT2D eigenvalue weighted by Crippen LogP contribution is -2.47. The minimum Gasteiger partial charge on any atom is -0.410 e. The molecule has 4 nitrogen and oxygen atoms in total. The standard InChI is InChI=1S/C14H18N2O2/c17-14(16-9-7-15-8-10-16)18-13-5-3-12(4-6-13)11-1-2-11/h3-6,11,15H,1-2,7-10H2. The number of piperazine rings is 1. The number of hydrogen-bond acceptors (Lipinski definition) is 3. The van der Waals surface area contributed by atoms with E-state index in [0.29, 0.717) is 5.75 Å². The Morgan fingerprint density at radius 1 is 1.17 bits per heavy atom. The summed E-state index contributed by atoms with van der Waals surface area (Å²) in [5.74, 6) is 1.38. The van der Waals surface area contributed by atoms with Crippen LogP contribution in [0.25, 0.3) is 0 Å². The van der Waals surface area contributed by atoms with Crippen LogP contribution < -0.4 is 10.1 Å².